The maximum atomic E-state index is 13.5. The van der Waals surface area contributed by atoms with Crippen molar-refractivity contribution in [3.8, 4) is 0 Å². The molecule has 1 aliphatic heterocycles. The number of anilines is 1. The molecule has 1 aromatic heterocycles. The zero-order valence-corrected chi connectivity index (χ0v) is 20.4. The Labute approximate surface area is 199 Å². The molecule has 2 aromatic carbocycles. The van der Waals surface area contributed by atoms with Gasteiger partial charge in [0.15, 0.2) is 5.13 Å². The van der Waals surface area contributed by atoms with Crippen LogP contribution in [0.1, 0.15) is 15.9 Å². The van der Waals surface area contributed by atoms with Crippen molar-refractivity contribution in [2.75, 3.05) is 44.3 Å². The van der Waals surface area contributed by atoms with Crippen molar-refractivity contribution in [1.82, 2.24) is 9.88 Å². The van der Waals surface area contributed by atoms with Gasteiger partial charge in [-0.05, 0) is 46.6 Å². The summed E-state index contributed by atoms with van der Waals surface area (Å²) in [6.07, 6.45) is 0. The molecule has 4 rings (SSSR count). The van der Waals surface area contributed by atoms with Crippen LogP contribution in [0.2, 0.25) is 5.02 Å². The predicted octanol–water partition coefficient (Wildman–Crippen LogP) is 5.42. The Kier molecular flexibility index (Phi) is 8.12. The number of ether oxygens (including phenoxy) is 1. The highest BCUT2D eigenvalue weighted by Gasteiger charge is 2.25. The molecule has 2 heterocycles. The van der Waals surface area contributed by atoms with E-state index in [1.807, 2.05) is 43.3 Å². The van der Waals surface area contributed by atoms with Crippen LogP contribution >= 0.6 is 51.3 Å². The first kappa shape index (κ1) is 23.4. The number of amides is 1. The van der Waals surface area contributed by atoms with Crippen molar-refractivity contribution in [2.45, 2.75) is 6.92 Å². The fourth-order valence-electron chi connectivity index (χ4n) is 3.34. The van der Waals surface area contributed by atoms with Crippen molar-refractivity contribution < 1.29 is 9.53 Å². The summed E-state index contributed by atoms with van der Waals surface area (Å²) >= 11 is 11.4. The number of benzene rings is 2. The van der Waals surface area contributed by atoms with Crippen LogP contribution < -0.4 is 4.90 Å². The molecule has 0 aliphatic carbocycles. The summed E-state index contributed by atoms with van der Waals surface area (Å²) in [5.74, 6) is -0.0708. The van der Waals surface area contributed by atoms with E-state index in [1.54, 1.807) is 4.90 Å². The highest BCUT2D eigenvalue weighted by molar-refractivity contribution is 9.10. The first-order valence-electron chi connectivity index (χ1n) is 9.47. The number of thiazole rings is 1. The van der Waals surface area contributed by atoms with E-state index < -0.39 is 0 Å². The standard InChI is InChI=1S/C21H21BrClN3O2S.ClH/c1-14-6-7-17(23)19-18(14)24-21(29-19)26(9-8-25-10-12-28-13-11-25)20(27)15-4-2-3-5-16(15)22;/h2-7H,8-13H2,1H3;1H. The quantitative estimate of drug-likeness (QED) is 0.441. The molecule has 0 radical (unpaired) electrons. The first-order chi connectivity index (χ1) is 14.0. The number of aromatic nitrogens is 1. The second-order valence-corrected chi connectivity index (χ2v) is 9.17. The molecule has 1 aliphatic rings. The molecule has 0 saturated carbocycles. The smallest absolute Gasteiger partial charge is 0.261 e. The van der Waals surface area contributed by atoms with Crippen molar-refractivity contribution in [3.05, 3.63) is 57.0 Å². The van der Waals surface area contributed by atoms with Gasteiger partial charge in [-0.25, -0.2) is 4.98 Å². The number of halogens is 3. The Morgan fingerprint density at radius 2 is 2.00 bits per heavy atom. The molecule has 160 valence electrons. The van der Waals surface area contributed by atoms with Crippen molar-refractivity contribution in [2.24, 2.45) is 0 Å². The maximum absolute atomic E-state index is 13.5. The normalized spacial score (nSPS) is 14.5. The molecule has 0 N–H and O–H groups in total. The van der Waals surface area contributed by atoms with E-state index in [4.69, 9.17) is 21.3 Å². The number of hydrogen-bond acceptors (Lipinski definition) is 5. The SMILES string of the molecule is Cc1ccc(Cl)c2sc(N(CCN3CCOCC3)C(=O)c3ccccc3Br)nc12.Cl. The molecule has 30 heavy (non-hydrogen) atoms. The second kappa shape index (κ2) is 10.4. The van der Waals surface area contributed by atoms with E-state index in [0.717, 1.165) is 53.1 Å². The topological polar surface area (TPSA) is 45.7 Å². The number of hydrogen-bond donors (Lipinski definition) is 0. The Hall–Kier alpha value is -1.22. The van der Waals surface area contributed by atoms with E-state index in [1.165, 1.54) is 11.3 Å². The van der Waals surface area contributed by atoms with Crippen LogP contribution in [0, 0.1) is 6.92 Å². The minimum absolute atomic E-state index is 0. The zero-order chi connectivity index (χ0) is 20.4. The fraction of sp³-hybridized carbons (Fsp3) is 0.333. The summed E-state index contributed by atoms with van der Waals surface area (Å²) in [4.78, 5) is 22.4. The van der Waals surface area contributed by atoms with Gasteiger partial charge in [0.05, 0.1) is 34.0 Å². The van der Waals surface area contributed by atoms with Crippen LogP contribution in [-0.4, -0.2) is 55.2 Å². The minimum Gasteiger partial charge on any atom is -0.379 e. The summed E-state index contributed by atoms with van der Waals surface area (Å²) < 4.78 is 7.13. The van der Waals surface area contributed by atoms with Gasteiger partial charge in [-0.2, -0.15) is 0 Å². The predicted molar refractivity (Wildman–Crippen MR) is 130 cm³/mol. The van der Waals surface area contributed by atoms with Crippen molar-refractivity contribution in [1.29, 1.82) is 0 Å². The molecule has 0 bridgehead atoms. The number of morpholine rings is 1. The van der Waals surface area contributed by atoms with Gasteiger partial charge in [0, 0.05) is 30.7 Å². The Morgan fingerprint density at radius 3 is 2.70 bits per heavy atom. The summed E-state index contributed by atoms with van der Waals surface area (Å²) in [6, 6.07) is 11.3. The molecule has 3 aromatic rings. The van der Waals surface area contributed by atoms with Crippen LogP contribution in [0.25, 0.3) is 10.2 Å². The lowest BCUT2D eigenvalue weighted by atomic mass is 10.2. The Balaban J connectivity index is 0.00000256. The highest BCUT2D eigenvalue weighted by atomic mass is 79.9. The molecule has 1 saturated heterocycles. The third-order valence-corrected chi connectivity index (χ3v) is 7.24. The summed E-state index contributed by atoms with van der Waals surface area (Å²) in [6.45, 7) is 6.54. The Bertz CT molecular complexity index is 1000. The first-order valence-corrected chi connectivity index (χ1v) is 11.5. The largest absolute Gasteiger partial charge is 0.379 e. The lowest BCUT2D eigenvalue weighted by Crippen LogP contribution is -2.43. The average molecular weight is 531 g/mol. The van der Waals surface area contributed by atoms with E-state index in [-0.39, 0.29) is 18.3 Å². The van der Waals surface area contributed by atoms with Gasteiger partial charge < -0.3 is 4.74 Å². The van der Waals surface area contributed by atoms with Gasteiger partial charge in [-0.3, -0.25) is 14.6 Å². The molecule has 1 fully saturated rings. The van der Waals surface area contributed by atoms with Crippen LogP contribution in [0.5, 0.6) is 0 Å². The molecular weight excluding hydrogens is 509 g/mol. The molecule has 1 amide bonds. The molecule has 0 atom stereocenters. The summed E-state index contributed by atoms with van der Waals surface area (Å²) in [5, 5.41) is 1.33. The van der Waals surface area contributed by atoms with Crippen LogP contribution in [-0.2, 0) is 4.74 Å². The third-order valence-electron chi connectivity index (χ3n) is 5.01. The van der Waals surface area contributed by atoms with Gasteiger partial charge in [0.2, 0.25) is 0 Å². The number of rotatable bonds is 5. The molecule has 9 heteroatoms. The van der Waals surface area contributed by atoms with Crippen LogP contribution in [0.15, 0.2) is 40.9 Å². The van der Waals surface area contributed by atoms with Gasteiger partial charge in [0.1, 0.15) is 0 Å². The van der Waals surface area contributed by atoms with Crippen molar-refractivity contribution >= 4 is 72.5 Å². The number of fused-ring (bicyclic) bond motifs is 1. The number of nitrogens with zero attached hydrogens (tertiary/aromatic N) is 3. The molecule has 5 nitrogen and oxygen atoms in total. The number of carbonyl (C=O) groups is 1. The van der Waals surface area contributed by atoms with Crippen LogP contribution in [0.4, 0.5) is 5.13 Å². The van der Waals surface area contributed by atoms with Gasteiger partial charge in [-0.1, -0.05) is 41.1 Å². The van der Waals surface area contributed by atoms with E-state index in [2.05, 4.69) is 20.8 Å². The van der Waals surface area contributed by atoms with E-state index >= 15 is 0 Å². The van der Waals surface area contributed by atoms with E-state index in [0.29, 0.717) is 22.3 Å². The minimum atomic E-state index is -0.0708. The number of aryl methyl sites for hydroxylation is 1. The lowest BCUT2D eigenvalue weighted by molar-refractivity contribution is 0.0391. The lowest BCUT2D eigenvalue weighted by Gasteiger charge is -2.29. The van der Waals surface area contributed by atoms with Gasteiger partial charge >= 0.3 is 0 Å². The summed E-state index contributed by atoms with van der Waals surface area (Å²) in [5.41, 5.74) is 2.53. The Morgan fingerprint density at radius 1 is 1.27 bits per heavy atom. The van der Waals surface area contributed by atoms with Crippen LogP contribution in [0.3, 0.4) is 0 Å². The zero-order valence-electron chi connectivity index (χ0n) is 16.4. The average Bonchev–Trinajstić information content (AvgIpc) is 3.18. The monoisotopic (exact) mass is 529 g/mol. The maximum Gasteiger partial charge on any atom is 0.261 e. The third kappa shape index (κ3) is 4.98. The summed E-state index contributed by atoms with van der Waals surface area (Å²) in [7, 11) is 0. The molecular formula is C21H22BrCl2N3O2S. The molecule has 0 spiro atoms. The molecule has 0 unspecified atom stereocenters. The van der Waals surface area contributed by atoms with Gasteiger partial charge in [0.25, 0.3) is 5.91 Å². The van der Waals surface area contributed by atoms with E-state index in [9.17, 15) is 4.79 Å². The highest BCUT2D eigenvalue weighted by Crippen LogP contribution is 2.36. The second-order valence-electron chi connectivity index (χ2n) is 6.93. The van der Waals surface area contributed by atoms with Gasteiger partial charge in [-0.15, -0.1) is 12.4 Å². The van der Waals surface area contributed by atoms with Crippen molar-refractivity contribution in [3.63, 3.8) is 0 Å². The fourth-order valence-corrected chi connectivity index (χ4v) is 5.13. The number of carbonyl (C=O) groups excluding carboxylic acids is 1.